The van der Waals surface area contributed by atoms with E-state index < -0.39 is 0 Å². The van der Waals surface area contributed by atoms with E-state index in [0.29, 0.717) is 12.1 Å². The number of furan rings is 1. The molecule has 1 atom stereocenters. The van der Waals surface area contributed by atoms with Crippen LogP contribution in [0.5, 0.6) is 0 Å². The third-order valence-corrected chi connectivity index (χ3v) is 4.45. The van der Waals surface area contributed by atoms with Gasteiger partial charge >= 0.3 is 0 Å². The third-order valence-electron chi connectivity index (χ3n) is 4.45. The average molecular weight is 341 g/mol. The molecule has 1 aliphatic rings. The van der Waals surface area contributed by atoms with Crippen LogP contribution in [0.3, 0.4) is 0 Å². The Labute approximate surface area is 147 Å². The zero-order valence-electron chi connectivity index (χ0n) is 14.1. The molecule has 3 rings (SSSR count). The summed E-state index contributed by atoms with van der Waals surface area (Å²) in [6, 6.07) is 11.9. The average Bonchev–Trinajstić information content (AvgIpc) is 3.34. The number of amides is 2. The maximum atomic E-state index is 12.1. The lowest BCUT2D eigenvalue weighted by molar-refractivity contribution is -0.120. The Kier molecular flexibility index (Phi) is 5.85. The van der Waals surface area contributed by atoms with E-state index in [2.05, 4.69) is 27.7 Å². The largest absolute Gasteiger partial charge is 0.472 e. The Hall–Kier alpha value is -2.60. The minimum atomic E-state index is -0.317. The molecule has 1 saturated heterocycles. The summed E-state index contributed by atoms with van der Waals surface area (Å²) in [6.07, 6.45) is 5.16. The Bertz CT molecular complexity index is 679. The van der Waals surface area contributed by atoms with Crippen LogP contribution < -0.4 is 10.6 Å². The summed E-state index contributed by atoms with van der Waals surface area (Å²) in [6.45, 7) is 2.58. The topological polar surface area (TPSA) is 74.6 Å². The van der Waals surface area contributed by atoms with Crippen LogP contribution >= 0.6 is 0 Å². The molecule has 6 nitrogen and oxygen atoms in total. The molecule has 1 aromatic heterocycles. The van der Waals surface area contributed by atoms with E-state index in [4.69, 9.17) is 4.42 Å². The fourth-order valence-electron chi connectivity index (χ4n) is 3.12. The number of carbonyl (C=O) groups is 2. The van der Waals surface area contributed by atoms with Crippen LogP contribution in [0.15, 0.2) is 53.3 Å². The molecule has 132 valence electrons. The second kappa shape index (κ2) is 8.48. The molecular formula is C19H23N3O3. The Balaban J connectivity index is 1.52. The molecule has 0 bridgehead atoms. The number of hydrogen-bond acceptors (Lipinski definition) is 4. The highest BCUT2D eigenvalue weighted by atomic mass is 16.3. The first-order chi connectivity index (χ1) is 12.2. The molecule has 0 saturated carbocycles. The highest BCUT2D eigenvalue weighted by Gasteiger charge is 2.23. The molecule has 6 heteroatoms. The van der Waals surface area contributed by atoms with Gasteiger partial charge in [0.2, 0.25) is 5.91 Å². The van der Waals surface area contributed by atoms with Gasteiger partial charge < -0.3 is 15.1 Å². The first-order valence-electron chi connectivity index (χ1n) is 8.60. The van der Waals surface area contributed by atoms with Crippen molar-refractivity contribution in [3.63, 3.8) is 0 Å². The van der Waals surface area contributed by atoms with E-state index in [1.165, 1.54) is 30.9 Å². The van der Waals surface area contributed by atoms with Crippen LogP contribution in [0.1, 0.15) is 34.8 Å². The number of rotatable bonds is 7. The van der Waals surface area contributed by atoms with E-state index in [1.54, 1.807) is 6.07 Å². The molecule has 1 unspecified atom stereocenters. The van der Waals surface area contributed by atoms with Crippen molar-refractivity contribution in [3.05, 3.63) is 60.1 Å². The zero-order valence-corrected chi connectivity index (χ0v) is 14.1. The molecule has 1 fully saturated rings. The van der Waals surface area contributed by atoms with Crippen molar-refractivity contribution in [2.24, 2.45) is 0 Å². The molecule has 0 spiro atoms. The molecule has 0 aliphatic carbocycles. The van der Waals surface area contributed by atoms with Gasteiger partial charge in [0.05, 0.1) is 24.4 Å². The summed E-state index contributed by atoms with van der Waals surface area (Å²) < 4.78 is 4.86. The number of nitrogens with one attached hydrogen (secondary N) is 2. The monoisotopic (exact) mass is 341 g/mol. The van der Waals surface area contributed by atoms with Crippen molar-refractivity contribution in [2.75, 3.05) is 26.2 Å². The van der Waals surface area contributed by atoms with E-state index in [1.807, 2.05) is 18.2 Å². The van der Waals surface area contributed by atoms with Gasteiger partial charge in [0.15, 0.2) is 0 Å². The summed E-state index contributed by atoms with van der Waals surface area (Å²) in [4.78, 5) is 26.3. The molecule has 2 amide bonds. The molecule has 2 aromatic rings. The van der Waals surface area contributed by atoms with Gasteiger partial charge in [-0.15, -0.1) is 0 Å². The van der Waals surface area contributed by atoms with Gasteiger partial charge in [0.1, 0.15) is 6.26 Å². The second-order valence-corrected chi connectivity index (χ2v) is 6.17. The van der Waals surface area contributed by atoms with Crippen LogP contribution in [-0.4, -0.2) is 42.9 Å². The van der Waals surface area contributed by atoms with Crippen LogP contribution in [0.2, 0.25) is 0 Å². The first-order valence-corrected chi connectivity index (χ1v) is 8.60. The summed E-state index contributed by atoms with van der Waals surface area (Å²) in [5.74, 6) is -0.514. The normalized spacial score (nSPS) is 15.7. The second-order valence-electron chi connectivity index (χ2n) is 6.17. The lowest BCUT2D eigenvalue weighted by atomic mass is 10.1. The summed E-state index contributed by atoms with van der Waals surface area (Å²) in [5, 5.41) is 5.53. The van der Waals surface area contributed by atoms with E-state index in [-0.39, 0.29) is 24.4 Å². The smallest absolute Gasteiger partial charge is 0.254 e. The zero-order chi connectivity index (χ0) is 17.5. The summed E-state index contributed by atoms with van der Waals surface area (Å²) in [7, 11) is 0. The molecule has 2 N–H and O–H groups in total. The maximum absolute atomic E-state index is 12.1. The van der Waals surface area contributed by atoms with Crippen LogP contribution in [0.4, 0.5) is 0 Å². The maximum Gasteiger partial charge on any atom is 0.254 e. The third kappa shape index (κ3) is 4.70. The Morgan fingerprint density at radius 1 is 1.08 bits per heavy atom. The summed E-state index contributed by atoms with van der Waals surface area (Å²) in [5.41, 5.74) is 1.61. The molecule has 1 aromatic carbocycles. The molecule has 25 heavy (non-hydrogen) atoms. The van der Waals surface area contributed by atoms with Gasteiger partial charge in [-0.3, -0.25) is 14.5 Å². The molecule has 1 aliphatic heterocycles. The highest BCUT2D eigenvalue weighted by molar-refractivity contribution is 5.96. The minimum absolute atomic E-state index is 0.0501. The number of nitrogens with zero attached hydrogens (tertiary/aromatic N) is 1. The SMILES string of the molecule is O=C(CNC(=O)c1ccoc1)NCC(c1ccccc1)N1CCCC1. The van der Waals surface area contributed by atoms with Crippen molar-refractivity contribution in [1.29, 1.82) is 0 Å². The Morgan fingerprint density at radius 3 is 2.52 bits per heavy atom. The lowest BCUT2D eigenvalue weighted by Crippen LogP contribution is -2.41. The van der Waals surface area contributed by atoms with Crippen LogP contribution in [0.25, 0.3) is 0 Å². The van der Waals surface area contributed by atoms with Crippen molar-refractivity contribution >= 4 is 11.8 Å². The van der Waals surface area contributed by atoms with E-state index in [0.717, 1.165) is 13.1 Å². The molecule has 2 heterocycles. The van der Waals surface area contributed by atoms with Crippen molar-refractivity contribution in [3.8, 4) is 0 Å². The predicted octanol–water partition coefficient (Wildman–Crippen LogP) is 1.96. The quantitative estimate of drug-likeness (QED) is 0.807. The van der Waals surface area contributed by atoms with Gasteiger partial charge in [0, 0.05) is 6.54 Å². The lowest BCUT2D eigenvalue weighted by Gasteiger charge is -2.28. The van der Waals surface area contributed by atoms with Crippen molar-refractivity contribution < 1.29 is 14.0 Å². The number of likely N-dealkylation sites (tertiary alicyclic amines) is 1. The van der Waals surface area contributed by atoms with Crippen LogP contribution in [0, 0.1) is 0 Å². The molecular weight excluding hydrogens is 318 g/mol. The number of benzene rings is 1. The minimum Gasteiger partial charge on any atom is -0.472 e. The first kappa shape index (κ1) is 17.2. The number of hydrogen-bond donors (Lipinski definition) is 2. The van der Waals surface area contributed by atoms with Gasteiger partial charge in [0.25, 0.3) is 5.91 Å². The Morgan fingerprint density at radius 2 is 1.84 bits per heavy atom. The van der Waals surface area contributed by atoms with E-state index in [9.17, 15) is 9.59 Å². The fraction of sp³-hybridized carbons (Fsp3) is 0.368. The summed E-state index contributed by atoms with van der Waals surface area (Å²) >= 11 is 0. The number of carbonyl (C=O) groups excluding carboxylic acids is 2. The van der Waals surface area contributed by atoms with Crippen LogP contribution in [-0.2, 0) is 4.79 Å². The van der Waals surface area contributed by atoms with Crippen molar-refractivity contribution in [1.82, 2.24) is 15.5 Å². The van der Waals surface area contributed by atoms with Crippen molar-refractivity contribution in [2.45, 2.75) is 18.9 Å². The molecule has 0 radical (unpaired) electrons. The van der Waals surface area contributed by atoms with Gasteiger partial charge in [-0.1, -0.05) is 30.3 Å². The predicted molar refractivity (Wildman–Crippen MR) is 94.0 cm³/mol. The fourth-order valence-corrected chi connectivity index (χ4v) is 3.12. The van der Waals surface area contributed by atoms with Gasteiger partial charge in [-0.2, -0.15) is 0 Å². The van der Waals surface area contributed by atoms with Gasteiger partial charge in [-0.25, -0.2) is 0 Å². The standard InChI is InChI=1S/C19H23N3O3/c23-18(13-21-19(24)16-8-11-25-14-16)20-12-17(22-9-4-5-10-22)15-6-2-1-3-7-15/h1-3,6-8,11,14,17H,4-5,9-10,12-13H2,(H,20,23)(H,21,24). The van der Waals surface area contributed by atoms with Gasteiger partial charge in [-0.05, 0) is 37.6 Å². The highest BCUT2D eigenvalue weighted by Crippen LogP contribution is 2.24. The van der Waals surface area contributed by atoms with E-state index >= 15 is 0 Å².